The standard InChI is InChI=1S/C25H17F13N2O2/c26-21(27,24(34,35)25(36,37)38)15-4-1-3-14(9-15)12-40(13-20(41)23(31,32)33)16-5-2-6-17(10-16)42-18-7-8-39-19(11-18)22(28,29)30/h1-11,20,41H,12-13H2/t20-/m1/s1. The number of ether oxygens (including phenoxy) is 1. The van der Waals surface area contributed by atoms with Crippen LogP contribution in [0.4, 0.5) is 62.8 Å². The number of hydrogen-bond acceptors (Lipinski definition) is 4. The van der Waals surface area contributed by atoms with Crippen molar-refractivity contribution >= 4 is 5.69 Å². The van der Waals surface area contributed by atoms with Crippen LogP contribution in [0.25, 0.3) is 0 Å². The van der Waals surface area contributed by atoms with Crippen molar-refractivity contribution in [3.63, 3.8) is 0 Å². The van der Waals surface area contributed by atoms with Crippen LogP contribution in [0.5, 0.6) is 11.5 Å². The van der Waals surface area contributed by atoms with Gasteiger partial charge in [0.25, 0.3) is 0 Å². The van der Waals surface area contributed by atoms with Gasteiger partial charge in [-0.1, -0.05) is 24.3 Å². The van der Waals surface area contributed by atoms with Crippen LogP contribution in [0.15, 0.2) is 66.9 Å². The van der Waals surface area contributed by atoms with Crippen LogP contribution < -0.4 is 9.64 Å². The van der Waals surface area contributed by atoms with Gasteiger partial charge < -0.3 is 14.7 Å². The first-order chi connectivity index (χ1) is 19.1. The van der Waals surface area contributed by atoms with Gasteiger partial charge in [-0.05, 0) is 29.8 Å². The van der Waals surface area contributed by atoms with Crippen LogP contribution in [-0.4, -0.2) is 41.0 Å². The fourth-order valence-corrected chi connectivity index (χ4v) is 3.53. The van der Waals surface area contributed by atoms with Gasteiger partial charge in [0.05, 0.1) is 6.54 Å². The van der Waals surface area contributed by atoms with E-state index >= 15 is 0 Å². The first-order valence-corrected chi connectivity index (χ1v) is 11.4. The monoisotopic (exact) mass is 624 g/mol. The van der Waals surface area contributed by atoms with E-state index in [9.17, 15) is 62.2 Å². The number of alkyl halides is 13. The molecule has 0 spiro atoms. The van der Waals surface area contributed by atoms with Crippen molar-refractivity contribution in [1.82, 2.24) is 4.98 Å². The van der Waals surface area contributed by atoms with Crippen molar-refractivity contribution in [2.24, 2.45) is 0 Å². The number of anilines is 1. The zero-order valence-electron chi connectivity index (χ0n) is 20.5. The molecule has 0 amide bonds. The van der Waals surface area contributed by atoms with Gasteiger partial charge in [-0.3, -0.25) is 4.98 Å². The second kappa shape index (κ2) is 11.5. The molecule has 0 radical (unpaired) electrons. The maximum Gasteiger partial charge on any atom is 0.460 e. The highest BCUT2D eigenvalue weighted by Gasteiger charge is 2.73. The summed E-state index contributed by atoms with van der Waals surface area (Å²) in [5.74, 6) is -12.9. The zero-order chi connectivity index (χ0) is 31.7. The maximum atomic E-state index is 14.2. The van der Waals surface area contributed by atoms with Crippen LogP contribution in [-0.2, 0) is 18.6 Å². The largest absolute Gasteiger partial charge is 0.460 e. The number of aliphatic hydroxyl groups excluding tert-OH is 1. The third-order valence-corrected chi connectivity index (χ3v) is 5.62. The molecule has 0 fully saturated rings. The Morgan fingerprint density at radius 1 is 0.762 bits per heavy atom. The van der Waals surface area contributed by atoms with Crippen molar-refractivity contribution in [2.45, 2.75) is 43.0 Å². The van der Waals surface area contributed by atoms with Crippen LogP contribution in [0, 0.1) is 0 Å². The number of halogens is 13. The molecule has 0 aliphatic carbocycles. The molecule has 1 aromatic heterocycles. The molecular formula is C25H17F13N2O2. The van der Waals surface area contributed by atoms with E-state index < -0.39 is 66.4 Å². The van der Waals surface area contributed by atoms with Gasteiger partial charge in [0.2, 0.25) is 0 Å². The van der Waals surface area contributed by atoms with E-state index in [0.717, 1.165) is 35.4 Å². The smallest absolute Gasteiger partial charge is 0.457 e. The van der Waals surface area contributed by atoms with Crippen molar-refractivity contribution in [3.8, 4) is 11.5 Å². The molecule has 3 rings (SSSR count). The summed E-state index contributed by atoms with van der Waals surface area (Å²) in [6.07, 6.45) is -18.9. The molecule has 17 heteroatoms. The Kier molecular flexibility index (Phi) is 8.96. The summed E-state index contributed by atoms with van der Waals surface area (Å²) in [6.45, 7) is -2.11. The van der Waals surface area contributed by atoms with E-state index in [1.54, 1.807) is 0 Å². The molecule has 4 nitrogen and oxygen atoms in total. The molecule has 0 saturated heterocycles. The Labute approximate surface area is 228 Å². The molecular weight excluding hydrogens is 607 g/mol. The maximum absolute atomic E-state index is 14.2. The second-order valence-electron chi connectivity index (χ2n) is 8.76. The SMILES string of the molecule is O[C@H](CN(Cc1cccc(C(F)(F)C(F)(F)C(F)(F)F)c1)c1cccc(Oc2ccnc(C(F)(F)F)c2)c1)C(F)(F)F. The summed E-state index contributed by atoms with van der Waals surface area (Å²) < 4.78 is 177. The Morgan fingerprint density at radius 2 is 1.38 bits per heavy atom. The summed E-state index contributed by atoms with van der Waals surface area (Å²) in [5.41, 5.74) is -3.78. The van der Waals surface area contributed by atoms with Gasteiger partial charge in [-0.15, -0.1) is 0 Å². The molecule has 230 valence electrons. The Hall–Kier alpha value is -3.76. The number of rotatable bonds is 9. The summed E-state index contributed by atoms with van der Waals surface area (Å²) in [6, 6.07) is 8.23. The van der Waals surface area contributed by atoms with Crippen molar-refractivity contribution in [1.29, 1.82) is 0 Å². The topological polar surface area (TPSA) is 45.6 Å². The Bertz CT molecular complexity index is 1370. The predicted octanol–water partition coefficient (Wildman–Crippen LogP) is 8.11. The normalized spacial score (nSPS) is 14.0. The first kappa shape index (κ1) is 32.8. The average molecular weight is 624 g/mol. The quantitative estimate of drug-likeness (QED) is 0.245. The molecule has 3 aromatic rings. The van der Waals surface area contributed by atoms with Gasteiger partial charge in [-0.2, -0.15) is 57.1 Å². The van der Waals surface area contributed by atoms with Crippen LogP contribution in [0.1, 0.15) is 16.8 Å². The molecule has 0 aliphatic heterocycles. The number of aromatic nitrogens is 1. The minimum atomic E-state index is -6.63. The summed E-state index contributed by atoms with van der Waals surface area (Å²) in [7, 11) is 0. The minimum absolute atomic E-state index is 0.223. The van der Waals surface area contributed by atoms with Gasteiger partial charge in [-0.25, -0.2) is 0 Å². The van der Waals surface area contributed by atoms with E-state index in [-0.39, 0.29) is 29.3 Å². The highest BCUT2D eigenvalue weighted by molar-refractivity contribution is 5.52. The van der Waals surface area contributed by atoms with Gasteiger partial charge in [0, 0.05) is 36.1 Å². The lowest BCUT2D eigenvalue weighted by molar-refractivity contribution is -0.359. The lowest BCUT2D eigenvalue weighted by Gasteiger charge is -2.30. The van der Waals surface area contributed by atoms with Crippen molar-refractivity contribution < 1.29 is 66.9 Å². The third kappa shape index (κ3) is 7.35. The second-order valence-corrected chi connectivity index (χ2v) is 8.76. The number of nitrogens with zero attached hydrogens (tertiary/aromatic N) is 2. The first-order valence-electron chi connectivity index (χ1n) is 11.4. The highest BCUT2D eigenvalue weighted by atomic mass is 19.4. The average Bonchev–Trinajstić information content (AvgIpc) is 2.87. The fourth-order valence-electron chi connectivity index (χ4n) is 3.53. The lowest BCUT2D eigenvalue weighted by Crippen LogP contribution is -2.50. The number of hydrogen-bond donors (Lipinski definition) is 1. The molecule has 1 heterocycles. The molecule has 1 atom stereocenters. The van der Waals surface area contributed by atoms with E-state index in [1.165, 1.54) is 12.1 Å². The van der Waals surface area contributed by atoms with E-state index in [1.807, 2.05) is 0 Å². The van der Waals surface area contributed by atoms with Crippen LogP contribution in [0.2, 0.25) is 0 Å². The zero-order valence-corrected chi connectivity index (χ0v) is 20.5. The van der Waals surface area contributed by atoms with Gasteiger partial charge >= 0.3 is 30.4 Å². The fraction of sp³-hybridized carbons (Fsp3) is 0.320. The molecule has 0 saturated carbocycles. The van der Waals surface area contributed by atoms with E-state index in [0.29, 0.717) is 12.1 Å². The number of benzene rings is 2. The van der Waals surface area contributed by atoms with Gasteiger partial charge in [0.1, 0.15) is 17.2 Å². The van der Waals surface area contributed by atoms with Crippen LogP contribution in [0.3, 0.4) is 0 Å². The molecule has 2 aromatic carbocycles. The van der Waals surface area contributed by atoms with Crippen molar-refractivity contribution in [3.05, 3.63) is 83.7 Å². The minimum Gasteiger partial charge on any atom is -0.457 e. The number of pyridine rings is 1. The summed E-state index contributed by atoms with van der Waals surface area (Å²) in [4.78, 5) is 3.86. The van der Waals surface area contributed by atoms with Gasteiger partial charge in [0.15, 0.2) is 6.10 Å². The third-order valence-electron chi connectivity index (χ3n) is 5.62. The lowest BCUT2D eigenvalue weighted by atomic mass is 9.99. The summed E-state index contributed by atoms with van der Waals surface area (Å²) >= 11 is 0. The molecule has 0 aliphatic rings. The van der Waals surface area contributed by atoms with E-state index in [2.05, 4.69) is 4.98 Å². The highest BCUT2D eigenvalue weighted by Crippen LogP contribution is 2.51. The number of aliphatic hydroxyl groups is 1. The Balaban J connectivity index is 1.97. The predicted molar refractivity (Wildman–Crippen MR) is 120 cm³/mol. The Morgan fingerprint density at radius 3 is 1.98 bits per heavy atom. The molecule has 42 heavy (non-hydrogen) atoms. The van der Waals surface area contributed by atoms with E-state index in [4.69, 9.17) is 4.74 Å². The van der Waals surface area contributed by atoms with Crippen molar-refractivity contribution in [2.75, 3.05) is 11.4 Å². The molecule has 0 unspecified atom stereocenters. The molecule has 1 N–H and O–H groups in total. The summed E-state index contributed by atoms with van der Waals surface area (Å²) in [5, 5.41) is 9.63. The molecule has 0 bridgehead atoms. The van der Waals surface area contributed by atoms with Crippen LogP contribution >= 0.6 is 0 Å².